The van der Waals surface area contributed by atoms with E-state index in [-0.39, 0.29) is 30.4 Å². The smallest absolute Gasteiger partial charge is 0.444 e. The Labute approximate surface area is 225 Å². The predicted octanol–water partition coefficient (Wildman–Crippen LogP) is 3.89. The maximum absolute atomic E-state index is 14.4. The predicted molar refractivity (Wildman–Crippen MR) is 126 cm³/mol. The summed E-state index contributed by atoms with van der Waals surface area (Å²) in [4.78, 5) is 30.8. The van der Waals surface area contributed by atoms with Crippen LogP contribution in [0, 0.1) is 23.4 Å². The fraction of sp³-hybridized carbons (Fsp3) is 0.600. The van der Waals surface area contributed by atoms with E-state index in [1.165, 1.54) is 4.90 Å². The first kappa shape index (κ1) is 29.6. The number of ether oxygens (including phenoxy) is 1. The molecule has 1 aromatic carbocycles. The molecule has 1 fully saturated rings. The van der Waals surface area contributed by atoms with Crippen molar-refractivity contribution in [1.82, 2.24) is 25.0 Å². The Kier molecular flexibility index (Phi) is 8.07. The largest absolute Gasteiger partial charge is 0.453 e. The average molecular weight is 578 g/mol. The zero-order valence-electron chi connectivity index (χ0n) is 21.9. The zero-order valence-corrected chi connectivity index (χ0v) is 21.9. The molecule has 1 aromatic heterocycles. The minimum Gasteiger partial charge on any atom is -0.444 e. The van der Waals surface area contributed by atoms with Crippen LogP contribution in [0.15, 0.2) is 12.1 Å². The third-order valence-corrected chi connectivity index (χ3v) is 6.55. The highest BCUT2D eigenvalue weighted by molar-refractivity contribution is 5.78. The molecule has 0 spiro atoms. The van der Waals surface area contributed by atoms with Crippen molar-refractivity contribution in [2.45, 2.75) is 83.0 Å². The third kappa shape index (κ3) is 6.85. The van der Waals surface area contributed by atoms with Crippen LogP contribution >= 0.6 is 0 Å². The van der Waals surface area contributed by atoms with Crippen LogP contribution in [-0.4, -0.2) is 61.1 Å². The number of aromatic nitrogens is 3. The van der Waals surface area contributed by atoms with Crippen molar-refractivity contribution in [2.75, 3.05) is 6.54 Å². The average Bonchev–Trinajstić information content (AvgIpc) is 3.57. The molecule has 2 amide bonds. The summed E-state index contributed by atoms with van der Waals surface area (Å²) >= 11 is 0. The van der Waals surface area contributed by atoms with Crippen LogP contribution in [0.3, 0.4) is 0 Å². The van der Waals surface area contributed by atoms with E-state index in [1.807, 2.05) is 0 Å². The van der Waals surface area contributed by atoms with Gasteiger partial charge in [0.25, 0.3) is 5.82 Å². The van der Waals surface area contributed by atoms with Crippen molar-refractivity contribution >= 4 is 12.0 Å². The van der Waals surface area contributed by atoms with Gasteiger partial charge in [-0.2, -0.15) is 13.2 Å². The van der Waals surface area contributed by atoms with Crippen molar-refractivity contribution in [3.05, 3.63) is 46.8 Å². The molecular formula is C25H29F6N5O4. The highest BCUT2D eigenvalue weighted by atomic mass is 19.4. The lowest BCUT2D eigenvalue weighted by molar-refractivity contribution is -0.145. The topological polar surface area (TPSA) is 110 Å². The molecule has 1 aliphatic carbocycles. The number of nitrogens with one attached hydrogen (secondary N) is 1. The zero-order chi connectivity index (χ0) is 29.6. The summed E-state index contributed by atoms with van der Waals surface area (Å²) in [5, 5.41) is 16.9. The molecule has 9 nitrogen and oxygen atoms in total. The van der Waals surface area contributed by atoms with E-state index in [4.69, 9.17) is 4.74 Å². The number of hydrogen-bond acceptors (Lipinski definition) is 6. The highest BCUT2D eigenvalue weighted by Crippen LogP contribution is 2.42. The molecule has 2 aromatic rings. The lowest BCUT2D eigenvalue weighted by Crippen LogP contribution is -2.50. The standard InChI is InChI=1S/C25H29F6N5O4/c1-24(2,3)40-23(39)32-14(8-13-9-16(27)17(28)11-15(13)26)10-18(37)35-6-7-36-21(19(35)20(38)12-4-5-12)33-22(34-36)25(29,30)31/h9,11-12,14,19-20,38H,4-8,10H2,1-3H3,(H,32,39)/t14-,19?,20?/m1/s1. The van der Waals surface area contributed by atoms with Gasteiger partial charge in [-0.15, -0.1) is 5.10 Å². The van der Waals surface area contributed by atoms with Gasteiger partial charge in [0.1, 0.15) is 17.5 Å². The number of carbonyl (C=O) groups is 2. The van der Waals surface area contributed by atoms with Crippen LogP contribution in [0.4, 0.5) is 31.1 Å². The third-order valence-electron chi connectivity index (χ3n) is 6.55. The van der Waals surface area contributed by atoms with Crippen LogP contribution in [0.1, 0.15) is 63.3 Å². The van der Waals surface area contributed by atoms with E-state index in [0.717, 1.165) is 4.68 Å². The Hall–Kier alpha value is -3.36. The van der Waals surface area contributed by atoms with Gasteiger partial charge in [0.15, 0.2) is 17.5 Å². The van der Waals surface area contributed by atoms with Gasteiger partial charge in [-0.25, -0.2) is 27.6 Å². The second kappa shape index (κ2) is 10.9. The van der Waals surface area contributed by atoms with Crippen LogP contribution in [0.5, 0.6) is 0 Å². The summed E-state index contributed by atoms with van der Waals surface area (Å²) in [6.07, 6.45) is -6.77. The van der Waals surface area contributed by atoms with E-state index in [0.29, 0.717) is 25.0 Å². The Balaban J connectivity index is 1.61. The second-order valence-corrected chi connectivity index (χ2v) is 11.0. The minimum absolute atomic E-state index is 0.125. The molecule has 3 atom stereocenters. The van der Waals surface area contributed by atoms with Crippen molar-refractivity contribution in [1.29, 1.82) is 0 Å². The summed E-state index contributed by atoms with van der Waals surface area (Å²) in [7, 11) is 0. The van der Waals surface area contributed by atoms with E-state index in [9.17, 15) is 41.0 Å². The van der Waals surface area contributed by atoms with Gasteiger partial charge < -0.3 is 20.1 Å². The van der Waals surface area contributed by atoms with Crippen molar-refractivity contribution < 1.29 is 45.8 Å². The Morgan fingerprint density at radius 3 is 2.35 bits per heavy atom. The summed E-state index contributed by atoms with van der Waals surface area (Å²) in [6.45, 7) is 4.50. The first-order valence-corrected chi connectivity index (χ1v) is 12.7. The molecule has 40 heavy (non-hydrogen) atoms. The molecule has 0 radical (unpaired) electrons. The molecule has 1 saturated carbocycles. The van der Waals surface area contributed by atoms with Crippen molar-refractivity contribution in [2.24, 2.45) is 5.92 Å². The molecule has 2 heterocycles. The van der Waals surface area contributed by atoms with Gasteiger partial charge in [0.05, 0.1) is 12.6 Å². The van der Waals surface area contributed by atoms with Crippen LogP contribution < -0.4 is 5.32 Å². The number of carbonyl (C=O) groups excluding carboxylic acids is 2. The van der Waals surface area contributed by atoms with E-state index < -0.39 is 78.1 Å². The molecule has 220 valence electrons. The summed E-state index contributed by atoms with van der Waals surface area (Å²) in [6, 6.07) is -1.49. The molecule has 0 saturated heterocycles. The first-order valence-electron chi connectivity index (χ1n) is 12.7. The molecule has 2 unspecified atom stereocenters. The molecule has 15 heteroatoms. The number of rotatable bonds is 7. The van der Waals surface area contributed by atoms with Gasteiger partial charge in [-0.1, -0.05) is 0 Å². The van der Waals surface area contributed by atoms with E-state index in [1.54, 1.807) is 20.8 Å². The van der Waals surface area contributed by atoms with Gasteiger partial charge in [0, 0.05) is 25.1 Å². The number of aliphatic hydroxyl groups excluding tert-OH is 1. The number of aliphatic hydroxyl groups is 1. The Morgan fingerprint density at radius 2 is 1.75 bits per heavy atom. The molecule has 2 aliphatic rings. The normalized spacial score (nSPS) is 19.1. The quantitative estimate of drug-likeness (QED) is 0.382. The van der Waals surface area contributed by atoms with Crippen LogP contribution in [-0.2, 0) is 28.7 Å². The number of fused-ring (bicyclic) bond motifs is 1. The van der Waals surface area contributed by atoms with E-state index >= 15 is 0 Å². The van der Waals surface area contributed by atoms with Crippen LogP contribution in [0.2, 0.25) is 0 Å². The monoisotopic (exact) mass is 577 g/mol. The highest BCUT2D eigenvalue weighted by Gasteiger charge is 2.47. The van der Waals surface area contributed by atoms with Crippen molar-refractivity contribution in [3.8, 4) is 0 Å². The van der Waals surface area contributed by atoms with Gasteiger partial charge in [0.2, 0.25) is 5.91 Å². The summed E-state index contributed by atoms with van der Waals surface area (Å²) in [5.74, 6) is -6.43. The summed E-state index contributed by atoms with van der Waals surface area (Å²) in [5.41, 5.74) is -1.26. The summed E-state index contributed by atoms with van der Waals surface area (Å²) < 4.78 is 87.9. The van der Waals surface area contributed by atoms with Gasteiger partial charge in [-0.3, -0.25) is 4.79 Å². The minimum atomic E-state index is -4.84. The Bertz CT molecular complexity index is 1270. The van der Waals surface area contributed by atoms with E-state index in [2.05, 4.69) is 15.4 Å². The maximum atomic E-state index is 14.4. The van der Waals surface area contributed by atoms with Gasteiger partial charge >= 0.3 is 12.3 Å². The second-order valence-electron chi connectivity index (χ2n) is 11.0. The molecule has 2 N–H and O–H groups in total. The number of alkyl carbamates (subject to hydrolysis) is 1. The number of alkyl halides is 3. The lowest BCUT2D eigenvalue weighted by atomic mass is 9.98. The lowest BCUT2D eigenvalue weighted by Gasteiger charge is -2.38. The maximum Gasteiger partial charge on any atom is 0.453 e. The fourth-order valence-electron chi connectivity index (χ4n) is 4.61. The van der Waals surface area contributed by atoms with Crippen molar-refractivity contribution in [3.63, 3.8) is 0 Å². The number of nitrogens with zero attached hydrogens (tertiary/aromatic N) is 4. The van der Waals surface area contributed by atoms with Gasteiger partial charge in [-0.05, 0) is 57.6 Å². The number of benzene rings is 1. The fourth-order valence-corrected chi connectivity index (χ4v) is 4.61. The molecule has 4 rings (SSSR count). The van der Waals surface area contributed by atoms with Crippen LogP contribution in [0.25, 0.3) is 0 Å². The number of hydrogen-bond donors (Lipinski definition) is 2. The SMILES string of the molecule is CC(C)(C)OC(=O)N[C@@H](CC(=O)N1CCn2nc(C(F)(F)F)nc2C1C(O)C1CC1)Cc1cc(F)c(F)cc1F. The number of amides is 2. The Morgan fingerprint density at radius 1 is 1.10 bits per heavy atom. The number of halogens is 6. The molecular weight excluding hydrogens is 548 g/mol. The first-order chi connectivity index (χ1) is 18.5. The molecule has 1 aliphatic heterocycles. The molecule has 0 bridgehead atoms.